The van der Waals surface area contributed by atoms with Crippen LogP contribution in [0.2, 0.25) is 0 Å². The second-order valence-electron chi connectivity index (χ2n) is 7.80. The Morgan fingerprint density at radius 3 is 2.48 bits per heavy atom. The first kappa shape index (κ1) is 20.8. The van der Waals surface area contributed by atoms with Crippen LogP contribution < -0.4 is 5.56 Å². The zero-order valence-electron chi connectivity index (χ0n) is 17.4. The lowest BCUT2D eigenvalue weighted by Crippen LogP contribution is -2.27. The van der Waals surface area contributed by atoms with E-state index in [0.29, 0.717) is 34.1 Å². The molecule has 0 spiro atoms. The van der Waals surface area contributed by atoms with Crippen LogP contribution >= 0.6 is 0 Å². The van der Waals surface area contributed by atoms with E-state index in [0.717, 1.165) is 0 Å². The van der Waals surface area contributed by atoms with Gasteiger partial charge in [-0.3, -0.25) is 4.79 Å². The number of nitrogens with zero attached hydrogens (tertiary/aromatic N) is 1. The number of rotatable bonds is 4. The molecule has 0 unspecified atom stereocenters. The van der Waals surface area contributed by atoms with Crippen LogP contribution in [0.15, 0.2) is 11.0 Å². The van der Waals surface area contributed by atoms with E-state index < -0.39 is 17.2 Å². The number of pyridine rings is 1. The van der Waals surface area contributed by atoms with Crippen LogP contribution in [0.1, 0.15) is 62.7 Å². The summed E-state index contributed by atoms with van der Waals surface area (Å²) < 4.78 is 12.5. The first-order chi connectivity index (χ1) is 12.4. The fourth-order valence-corrected chi connectivity index (χ4v) is 2.54. The minimum Gasteiger partial charge on any atom is -0.456 e. The van der Waals surface area contributed by atoms with Gasteiger partial charge in [0.15, 0.2) is 0 Å². The van der Waals surface area contributed by atoms with E-state index in [1.54, 1.807) is 27.3 Å². The minimum absolute atomic E-state index is 0.224. The summed E-state index contributed by atoms with van der Waals surface area (Å²) in [5, 5.41) is 0.493. The normalized spacial score (nSPS) is 12.0. The largest absolute Gasteiger partial charge is 0.456 e. The maximum Gasteiger partial charge on any atom is 0.341 e. The smallest absolute Gasteiger partial charge is 0.341 e. The topological polar surface area (TPSA) is 73.3 Å². The minimum atomic E-state index is -0.655. The van der Waals surface area contributed by atoms with Gasteiger partial charge in [0.25, 0.3) is 5.56 Å². The van der Waals surface area contributed by atoms with Crippen molar-refractivity contribution in [2.45, 2.75) is 59.2 Å². The summed E-state index contributed by atoms with van der Waals surface area (Å²) in [5.74, 6) is 5.65. The zero-order chi connectivity index (χ0) is 20.6. The Hall–Kier alpha value is -2.52. The van der Waals surface area contributed by atoms with Crippen molar-refractivity contribution in [2.75, 3.05) is 7.11 Å². The Morgan fingerprint density at radius 2 is 1.93 bits per heavy atom. The van der Waals surface area contributed by atoms with Gasteiger partial charge in [-0.05, 0) is 41.0 Å². The summed E-state index contributed by atoms with van der Waals surface area (Å²) >= 11 is 0. The van der Waals surface area contributed by atoms with Crippen molar-refractivity contribution < 1.29 is 14.3 Å². The lowest BCUT2D eigenvalue weighted by atomic mass is 10.0. The molecule has 2 rings (SSSR count). The monoisotopic (exact) mass is 372 g/mol. The van der Waals surface area contributed by atoms with Crippen LogP contribution in [0, 0.1) is 18.8 Å². The molecule has 0 aromatic carbocycles. The predicted octanol–water partition coefficient (Wildman–Crippen LogP) is 3.30. The van der Waals surface area contributed by atoms with Gasteiger partial charge >= 0.3 is 5.97 Å². The average Bonchev–Trinajstić information content (AvgIpc) is 2.94. The van der Waals surface area contributed by atoms with Crippen molar-refractivity contribution in [1.29, 1.82) is 0 Å². The van der Waals surface area contributed by atoms with Gasteiger partial charge in [0.1, 0.15) is 16.7 Å². The number of aromatic amines is 1. The standard InChI is InChI=1S/C21H28N2O4/c1-9-20(3,4)27-19(25)15-13(2)22-17-16(15)14(12-23(7)18(17)24)10-11-21(5,6)26-8/h12,22H,9H2,1-8H3. The van der Waals surface area contributed by atoms with Gasteiger partial charge in [-0.1, -0.05) is 18.8 Å². The Balaban J connectivity index is 2.76. The maximum atomic E-state index is 12.9. The number of nitrogens with one attached hydrogen (secondary N) is 1. The van der Waals surface area contributed by atoms with Gasteiger partial charge in [-0.2, -0.15) is 0 Å². The number of hydrogen-bond acceptors (Lipinski definition) is 4. The zero-order valence-corrected chi connectivity index (χ0v) is 17.4. The van der Waals surface area contributed by atoms with Crippen molar-refractivity contribution in [3.8, 4) is 11.8 Å². The number of H-pyrrole nitrogens is 1. The van der Waals surface area contributed by atoms with Crippen LogP contribution in [0.4, 0.5) is 0 Å². The highest BCUT2D eigenvalue weighted by molar-refractivity contribution is 6.07. The number of aromatic nitrogens is 2. The number of aryl methyl sites for hydroxylation is 2. The summed E-state index contributed by atoms with van der Waals surface area (Å²) in [6.45, 7) is 11.1. The fourth-order valence-electron chi connectivity index (χ4n) is 2.54. The molecule has 0 atom stereocenters. The molecule has 0 fully saturated rings. The first-order valence-corrected chi connectivity index (χ1v) is 8.96. The van der Waals surface area contributed by atoms with Crippen LogP contribution in [-0.4, -0.2) is 33.8 Å². The Kier molecular flexibility index (Phi) is 5.58. The number of methoxy groups -OCH3 is 1. The highest BCUT2D eigenvalue weighted by Gasteiger charge is 2.27. The van der Waals surface area contributed by atoms with Gasteiger partial charge in [0.2, 0.25) is 0 Å². The van der Waals surface area contributed by atoms with E-state index >= 15 is 0 Å². The van der Waals surface area contributed by atoms with Gasteiger partial charge in [0, 0.05) is 31.4 Å². The quantitative estimate of drug-likeness (QED) is 0.660. The molecule has 0 amide bonds. The lowest BCUT2D eigenvalue weighted by molar-refractivity contribution is -0.00228. The fraction of sp³-hybridized carbons (Fsp3) is 0.524. The van der Waals surface area contributed by atoms with Crippen molar-refractivity contribution in [2.24, 2.45) is 7.05 Å². The predicted molar refractivity (Wildman–Crippen MR) is 106 cm³/mol. The Morgan fingerprint density at radius 1 is 1.30 bits per heavy atom. The molecule has 0 aliphatic carbocycles. The molecular weight excluding hydrogens is 344 g/mol. The SMILES string of the molecule is CCC(C)(C)OC(=O)c1c(C)[nH]c2c(=O)n(C)cc(C#CC(C)(C)OC)c12. The van der Waals surface area contributed by atoms with E-state index in [4.69, 9.17) is 9.47 Å². The highest BCUT2D eigenvalue weighted by atomic mass is 16.6. The molecule has 0 saturated carbocycles. The third-order valence-electron chi connectivity index (χ3n) is 4.75. The van der Waals surface area contributed by atoms with Crippen molar-refractivity contribution >= 4 is 16.9 Å². The molecule has 0 bridgehead atoms. The summed E-state index contributed by atoms with van der Waals surface area (Å²) in [7, 11) is 3.24. The van der Waals surface area contributed by atoms with Gasteiger partial charge in [-0.25, -0.2) is 4.79 Å². The summed E-state index contributed by atoms with van der Waals surface area (Å²) in [5.41, 5.74) is 0.371. The van der Waals surface area contributed by atoms with Crippen molar-refractivity contribution in [3.05, 3.63) is 33.4 Å². The molecule has 0 saturated heterocycles. The number of carbonyl (C=O) groups is 1. The van der Waals surface area contributed by atoms with E-state index in [1.165, 1.54) is 4.57 Å². The van der Waals surface area contributed by atoms with E-state index in [2.05, 4.69) is 16.8 Å². The second kappa shape index (κ2) is 7.24. The lowest BCUT2D eigenvalue weighted by Gasteiger charge is -2.23. The number of fused-ring (bicyclic) bond motifs is 1. The number of esters is 1. The van der Waals surface area contributed by atoms with E-state index in [9.17, 15) is 9.59 Å². The van der Waals surface area contributed by atoms with Crippen molar-refractivity contribution in [3.63, 3.8) is 0 Å². The van der Waals surface area contributed by atoms with Crippen LogP contribution in [0.25, 0.3) is 10.9 Å². The van der Waals surface area contributed by atoms with Gasteiger partial charge in [0.05, 0.1) is 11.1 Å². The van der Waals surface area contributed by atoms with Crippen LogP contribution in [0.5, 0.6) is 0 Å². The van der Waals surface area contributed by atoms with E-state index in [1.807, 2.05) is 34.6 Å². The number of ether oxygens (including phenoxy) is 2. The molecule has 6 heteroatoms. The number of carbonyl (C=O) groups excluding carboxylic acids is 1. The van der Waals surface area contributed by atoms with Crippen LogP contribution in [0.3, 0.4) is 0 Å². The molecule has 0 radical (unpaired) electrons. The molecule has 2 aromatic heterocycles. The molecule has 0 aliphatic heterocycles. The Labute approximate surface area is 159 Å². The van der Waals surface area contributed by atoms with Crippen molar-refractivity contribution in [1.82, 2.24) is 9.55 Å². The Bertz CT molecular complexity index is 997. The number of hydrogen-bond donors (Lipinski definition) is 1. The van der Waals surface area contributed by atoms with Crippen LogP contribution in [-0.2, 0) is 16.5 Å². The summed E-state index contributed by atoms with van der Waals surface area (Å²) in [6, 6.07) is 0. The van der Waals surface area contributed by atoms with Gasteiger partial charge in [-0.15, -0.1) is 0 Å². The molecule has 6 nitrogen and oxygen atoms in total. The first-order valence-electron chi connectivity index (χ1n) is 8.96. The third kappa shape index (κ3) is 4.25. The summed E-state index contributed by atoms with van der Waals surface area (Å²) in [6.07, 6.45) is 2.31. The van der Waals surface area contributed by atoms with E-state index in [-0.39, 0.29) is 5.56 Å². The molecule has 1 N–H and O–H groups in total. The highest BCUT2D eigenvalue weighted by Crippen LogP contribution is 2.26. The molecule has 27 heavy (non-hydrogen) atoms. The molecule has 146 valence electrons. The average molecular weight is 372 g/mol. The second-order valence-corrected chi connectivity index (χ2v) is 7.80. The maximum absolute atomic E-state index is 12.9. The summed E-state index contributed by atoms with van der Waals surface area (Å²) in [4.78, 5) is 28.5. The van der Waals surface area contributed by atoms with Gasteiger partial charge < -0.3 is 19.0 Å². The molecule has 0 aliphatic rings. The molecule has 2 aromatic rings. The molecular formula is C21H28N2O4. The third-order valence-corrected chi connectivity index (χ3v) is 4.75. The molecule has 2 heterocycles.